The van der Waals surface area contributed by atoms with E-state index in [1.807, 2.05) is 0 Å². The van der Waals surface area contributed by atoms with Crippen molar-refractivity contribution in [3.8, 4) is 0 Å². The number of rotatable bonds is 20. The Morgan fingerprint density at radius 1 is 0.645 bits per heavy atom. The molecular formula is C20H41Na2O8P. The largest absolute Gasteiger partial charge is 1.00 e. The molecule has 31 heavy (non-hydrogen) atoms. The molecule has 0 unspecified atom stereocenters. The van der Waals surface area contributed by atoms with E-state index in [2.05, 4.69) is 6.92 Å². The Morgan fingerprint density at radius 2 is 1.03 bits per heavy atom. The normalized spacial score (nSPS) is 12.4. The number of ether oxygens (including phenoxy) is 4. The SMILES string of the molecule is CCCCCCCCCCC(OCC)(OCC)C(OCC)(OCC)OP(=O)([O-])[O-].[Na+].[Na+]. The monoisotopic (exact) mass is 486 g/mol. The molecular weight excluding hydrogens is 445 g/mol. The van der Waals surface area contributed by atoms with Gasteiger partial charge in [0.25, 0.3) is 5.79 Å². The van der Waals surface area contributed by atoms with Crippen molar-refractivity contribution in [2.45, 2.75) is 104 Å². The van der Waals surface area contributed by atoms with Gasteiger partial charge in [0.05, 0.1) is 7.82 Å². The molecule has 0 amide bonds. The van der Waals surface area contributed by atoms with Crippen LogP contribution in [-0.2, 0) is 28.0 Å². The second kappa shape index (κ2) is 21.3. The predicted octanol–water partition coefficient (Wildman–Crippen LogP) is -2.13. The minimum Gasteiger partial charge on any atom is -0.790 e. The van der Waals surface area contributed by atoms with Gasteiger partial charge in [0.2, 0.25) is 0 Å². The van der Waals surface area contributed by atoms with Crippen molar-refractivity contribution >= 4 is 7.82 Å². The maximum Gasteiger partial charge on any atom is 1.00 e. The quantitative estimate of drug-likeness (QED) is 0.0831. The summed E-state index contributed by atoms with van der Waals surface area (Å²) in [6, 6.07) is 0. The minimum atomic E-state index is -5.46. The summed E-state index contributed by atoms with van der Waals surface area (Å²) in [7, 11) is -5.46. The van der Waals surface area contributed by atoms with Gasteiger partial charge in [0.15, 0.2) is 0 Å². The van der Waals surface area contributed by atoms with E-state index in [0.717, 1.165) is 19.3 Å². The summed E-state index contributed by atoms with van der Waals surface area (Å²) in [5, 5.41) is 0. The average Bonchev–Trinajstić information content (AvgIpc) is 2.63. The summed E-state index contributed by atoms with van der Waals surface area (Å²) in [6.07, 6.45) is 8.97. The molecule has 0 saturated heterocycles. The Hall–Kier alpha value is 1.95. The summed E-state index contributed by atoms with van der Waals surface area (Å²) in [4.78, 5) is 23.1. The molecule has 0 aliphatic carbocycles. The van der Waals surface area contributed by atoms with Crippen LogP contribution in [0.15, 0.2) is 0 Å². The van der Waals surface area contributed by atoms with Crippen molar-refractivity contribution in [1.82, 2.24) is 0 Å². The van der Waals surface area contributed by atoms with Gasteiger partial charge in [-0.2, -0.15) is 0 Å². The molecule has 0 aliphatic rings. The van der Waals surface area contributed by atoms with Crippen LogP contribution in [0.4, 0.5) is 0 Å². The topological polar surface area (TPSA) is 109 Å². The van der Waals surface area contributed by atoms with E-state index in [-0.39, 0.29) is 92.0 Å². The Balaban J connectivity index is -0.00000392. The first-order valence-electron chi connectivity index (χ1n) is 11.0. The van der Waals surface area contributed by atoms with Gasteiger partial charge in [0, 0.05) is 32.8 Å². The van der Waals surface area contributed by atoms with Crippen LogP contribution in [0.2, 0.25) is 0 Å². The fraction of sp³-hybridized carbons (Fsp3) is 1.00. The summed E-state index contributed by atoms with van der Waals surface area (Å²) < 4.78 is 39.2. The number of hydrogen-bond acceptors (Lipinski definition) is 8. The zero-order chi connectivity index (χ0) is 22.2. The van der Waals surface area contributed by atoms with Crippen molar-refractivity contribution in [1.29, 1.82) is 0 Å². The van der Waals surface area contributed by atoms with Crippen molar-refractivity contribution in [3.63, 3.8) is 0 Å². The van der Waals surface area contributed by atoms with Gasteiger partial charge in [0.1, 0.15) is 0 Å². The predicted molar refractivity (Wildman–Crippen MR) is 108 cm³/mol. The maximum atomic E-state index is 11.5. The molecule has 176 valence electrons. The van der Waals surface area contributed by atoms with Crippen molar-refractivity contribution in [2.75, 3.05) is 26.4 Å². The van der Waals surface area contributed by atoms with Crippen molar-refractivity contribution in [3.05, 3.63) is 0 Å². The first kappa shape index (κ1) is 37.5. The van der Waals surface area contributed by atoms with Crippen LogP contribution in [0.25, 0.3) is 0 Å². The second-order valence-electron chi connectivity index (χ2n) is 6.80. The number of phosphoric acid groups is 1. The summed E-state index contributed by atoms with van der Waals surface area (Å²) in [5.41, 5.74) is 0. The van der Waals surface area contributed by atoms with Crippen molar-refractivity contribution < 1.29 is 96.9 Å². The second-order valence-corrected chi connectivity index (χ2v) is 7.88. The maximum absolute atomic E-state index is 11.5. The van der Waals surface area contributed by atoms with Crippen LogP contribution < -0.4 is 68.9 Å². The molecule has 0 atom stereocenters. The van der Waals surface area contributed by atoms with E-state index in [1.165, 1.54) is 25.7 Å². The molecule has 0 spiro atoms. The van der Waals surface area contributed by atoms with E-state index < -0.39 is 19.6 Å². The third-order valence-corrected chi connectivity index (χ3v) is 4.95. The van der Waals surface area contributed by atoms with Crippen molar-refractivity contribution in [2.24, 2.45) is 0 Å². The Morgan fingerprint density at radius 3 is 1.39 bits per heavy atom. The standard InChI is InChI=1S/C20H43O8P.2Na/c1-6-11-12-13-14-15-16-17-18-19(24-7-2,25-8-3)20(26-9-4,27-10-5)28-29(21,22)23;;/h6-18H2,1-5H3,(H2,21,22,23);;/q;2*+1/p-2. The summed E-state index contributed by atoms with van der Waals surface area (Å²) in [5.74, 6) is -3.96. The van der Waals surface area contributed by atoms with Gasteiger partial charge in [-0.15, -0.1) is 0 Å². The summed E-state index contributed by atoms with van der Waals surface area (Å²) >= 11 is 0. The van der Waals surface area contributed by atoms with E-state index >= 15 is 0 Å². The van der Waals surface area contributed by atoms with Gasteiger partial charge in [-0.1, -0.05) is 51.9 Å². The van der Waals surface area contributed by atoms with Gasteiger partial charge >= 0.3 is 65.1 Å². The molecule has 0 fully saturated rings. The fourth-order valence-corrected chi connectivity index (χ4v) is 3.92. The number of phosphoric ester groups is 1. The first-order valence-corrected chi connectivity index (χ1v) is 12.5. The van der Waals surface area contributed by atoms with Crippen LogP contribution in [0.5, 0.6) is 0 Å². The van der Waals surface area contributed by atoms with Crippen LogP contribution in [-0.4, -0.2) is 38.2 Å². The molecule has 0 saturated carbocycles. The first-order chi connectivity index (χ1) is 13.8. The van der Waals surface area contributed by atoms with E-state index in [9.17, 15) is 14.4 Å². The van der Waals surface area contributed by atoms with Gasteiger partial charge in [-0.05, 0) is 34.1 Å². The van der Waals surface area contributed by atoms with Gasteiger partial charge in [-0.3, -0.25) is 4.52 Å². The molecule has 0 N–H and O–H groups in total. The molecule has 0 aromatic rings. The van der Waals surface area contributed by atoms with E-state index in [0.29, 0.717) is 6.42 Å². The van der Waals surface area contributed by atoms with Crippen LogP contribution in [0.3, 0.4) is 0 Å². The smallest absolute Gasteiger partial charge is 0.790 e. The van der Waals surface area contributed by atoms with Crippen LogP contribution >= 0.6 is 7.82 Å². The molecule has 0 radical (unpaired) electrons. The third kappa shape index (κ3) is 14.8. The molecule has 0 aromatic heterocycles. The number of hydrogen-bond donors (Lipinski definition) is 0. The molecule has 0 rings (SSSR count). The summed E-state index contributed by atoms with van der Waals surface area (Å²) in [6.45, 7) is 9.46. The fourth-order valence-electron chi connectivity index (χ4n) is 3.38. The molecule has 0 aliphatic heterocycles. The van der Waals surface area contributed by atoms with E-state index in [1.54, 1.807) is 27.7 Å². The molecule has 0 heterocycles. The zero-order valence-corrected chi connectivity index (χ0v) is 25.8. The van der Waals surface area contributed by atoms with Gasteiger partial charge in [-0.25, -0.2) is 0 Å². The molecule has 0 aromatic carbocycles. The Kier molecular flexibility index (Phi) is 25.7. The Labute approximate surface area is 233 Å². The van der Waals surface area contributed by atoms with E-state index in [4.69, 9.17) is 23.5 Å². The average molecular weight is 486 g/mol. The Bertz CT molecular complexity index is 439. The molecule has 8 nitrogen and oxygen atoms in total. The third-order valence-electron chi connectivity index (χ3n) is 4.48. The molecule has 0 bridgehead atoms. The van der Waals surface area contributed by atoms with Gasteiger partial charge < -0.3 is 33.3 Å². The minimum absolute atomic E-state index is 0. The number of unbranched alkanes of at least 4 members (excludes halogenated alkanes) is 7. The van der Waals surface area contributed by atoms with Crippen LogP contribution in [0, 0.1) is 0 Å². The van der Waals surface area contributed by atoms with Crippen LogP contribution in [0.1, 0.15) is 92.4 Å². The zero-order valence-electron chi connectivity index (χ0n) is 20.9. The molecule has 11 heteroatoms.